The van der Waals surface area contributed by atoms with Crippen molar-refractivity contribution in [2.45, 2.75) is 37.5 Å². The Morgan fingerprint density at radius 2 is 2.00 bits per heavy atom. The van der Waals surface area contributed by atoms with Crippen LogP contribution in [0.25, 0.3) is 0 Å². The van der Waals surface area contributed by atoms with Crippen LogP contribution in [-0.4, -0.2) is 11.1 Å². The fourth-order valence-corrected chi connectivity index (χ4v) is 4.11. The summed E-state index contributed by atoms with van der Waals surface area (Å²) >= 11 is 3.44. The van der Waals surface area contributed by atoms with E-state index in [-0.39, 0.29) is 5.41 Å². The van der Waals surface area contributed by atoms with E-state index < -0.39 is 11.4 Å². The van der Waals surface area contributed by atoms with Crippen LogP contribution >= 0.6 is 15.9 Å². The Kier molecular flexibility index (Phi) is 2.37. The number of carboxylic acid groups (broad SMARTS) is 1. The summed E-state index contributed by atoms with van der Waals surface area (Å²) in [5.41, 5.74) is 0.425. The van der Waals surface area contributed by atoms with Gasteiger partial charge in [0.25, 0.3) is 0 Å². The first-order chi connectivity index (χ1) is 8.11. The Labute approximate surface area is 109 Å². The van der Waals surface area contributed by atoms with Crippen LogP contribution in [0.4, 0.5) is 0 Å². The lowest BCUT2D eigenvalue weighted by atomic mass is 9.85. The topological polar surface area (TPSA) is 37.3 Å². The molecular weight excluding hydrogens is 280 g/mol. The molecule has 1 unspecified atom stereocenters. The molecule has 1 atom stereocenters. The van der Waals surface area contributed by atoms with E-state index in [1.807, 2.05) is 24.3 Å². The van der Waals surface area contributed by atoms with Gasteiger partial charge in [-0.25, -0.2) is 0 Å². The smallest absolute Gasteiger partial charge is 0.314 e. The predicted molar refractivity (Wildman–Crippen MR) is 69.0 cm³/mol. The molecule has 0 saturated heterocycles. The molecule has 17 heavy (non-hydrogen) atoms. The maximum atomic E-state index is 11.7. The van der Waals surface area contributed by atoms with Gasteiger partial charge in [-0.3, -0.25) is 4.79 Å². The van der Waals surface area contributed by atoms with Gasteiger partial charge in [0.2, 0.25) is 0 Å². The second-order valence-electron chi connectivity index (χ2n) is 5.39. The van der Waals surface area contributed by atoms with Crippen molar-refractivity contribution in [1.82, 2.24) is 0 Å². The van der Waals surface area contributed by atoms with Gasteiger partial charge in [0.1, 0.15) is 0 Å². The average molecular weight is 295 g/mol. The van der Waals surface area contributed by atoms with Gasteiger partial charge in [0, 0.05) is 4.47 Å². The summed E-state index contributed by atoms with van der Waals surface area (Å²) in [5, 5.41) is 9.66. The van der Waals surface area contributed by atoms with Crippen molar-refractivity contribution < 1.29 is 9.90 Å². The minimum atomic E-state index is -0.641. The zero-order valence-electron chi connectivity index (χ0n) is 9.58. The Balaban J connectivity index is 2.06. The van der Waals surface area contributed by atoms with Gasteiger partial charge in [-0.15, -0.1) is 0 Å². The highest BCUT2D eigenvalue weighted by molar-refractivity contribution is 9.10. The number of carbonyl (C=O) groups is 1. The molecule has 0 bridgehead atoms. The van der Waals surface area contributed by atoms with E-state index in [2.05, 4.69) is 15.9 Å². The Morgan fingerprint density at radius 1 is 1.29 bits per heavy atom. The highest BCUT2D eigenvalue weighted by Crippen LogP contribution is 2.72. The first kappa shape index (κ1) is 11.3. The molecule has 0 aromatic heterocycles. The van der Waals surface area contributed by atoms with Crippen molar-refractivity contribution >= 4 is 21.9 Å². The SMILES string of the molecule is O=C(O)C1(c2cccc(Br)c2)CC12CCCC2. The number of hydrogen-bond acceptors (Lipinski definition) is 1. The molecule has 1 aromatic carbocycles. The number of halogens is 1. The molecule has 2 fully saturated rings. The second-order valence-corrected chi connectivity index (χ2v) is 6.30. The summed E-state index contributed by atoms with van der Waals surface area (Å²) in [6.45, 7) is 0. The average Bonchev–Trinajstić information content (AvgIpc) is 2.69. The van der Waals surface area contributed by atoms with Crippen LogP contribution < -0.4 is 0 Å². The van der Waals surface area contributed by atoms with Crippen LogP contribution in [0.1, 0.15) is 37.7 Å². The molecule has 0 aliphatic heterocycles. The minimum Gasteiger partial charge on any atom is -0.481 e. The maximum Gasteiger partial charge on any atom is 0.314 e. The molecule has 2 saturated carbocycles. The van der Waals surface area contributed by atoms with Crippen molar-refractivity contribution in [3.8, 4) is 0 Å². The maximum absolute atomic E-state index is 11.7. The monoisotopic (exact) mass is 294 g/mol. The summed E-state index contributed by atoms with van der Waals surface area (Å²) in [6, 6.07) is 7.82. The van der Waals surface area contributed by atoms with E-state index >= 15 is 0 Å². The van der Waals surface area contributed by atoms with Gasteiger partial charge >= 0.3 is 5.97 Å². The molecule has 1 aromatic rings. The number of aliphatic carboxylic acids is 1. The molecule has 3 rings (SSSR count). The Hall–Kier alpha value is -0.830. The molecule has 2 aliphatic rings. The number of benzene rings is 1. The number of carboxylic acids is 1. The van der Waals surface area contributed by atoms with Crippen molar-refractivity contribution in [2.24, 2.45) is 5.41 Å². The molecule has 2 aliphatic carbocycles. The van der Waals surface area contributed by atoms with Crippen LogP contribution in [-0.2, 0) is 10.2 Å². The molecule has 1 spiro atoms. The molecule has 2 nitrogen and oxygen atoms in total. The van der Waals surface area contributed by atoms with Crippen LogP contribution in [0.15, 0.2) is 28.7 Å². The van der Waals surface area contributed by atoms with Gasteiger partial charge in [-0.2, -0.15) is 0 Å². The fraction of sp³-hybridized carbons (Fsp3) is 0.500. The lowest BCUT2D eigenvalue weighted by Crippen LogP contribution is -2.26. The summed E-state index contributed by atoms with van der Waals surface area (Å²) in [6.07, 6.45) is 5.34. The lowest BCUT2D eigenvalue weighted by Gasteiger charge is -2.18. The highest BCUT2D eigenvalue weighted by Gasteiger charge is 2.72. The quantitative estimate of drug-likeness (QED) is 0.902. The normalized spacial score (nSPS) is 29.5. The largest absolute Gasteiger partial charge is 0.481 e. The lowest BCUT2D eigenvalue weighted by molar-refractivity contribution is -0.141. The first-order valence-corrected chi connectivity index (χ1v) is 6.90. The summed E-state index contributed by atoms with van der Waals surface area (Å²) in [5.74, 6) is -0.641. The third kappa shape index (κ3) is 1.41. The van der Waals surface area contributed by atoms with E-state index in [4.69, 9.17) is 0 Å². The number of rotatable bonds is 2. The van der Waals surface area contributed by atoms with Crippen LogP contribution in [0.3, 0.4) is 0 Å². The van der Waals surface area contributed by atoms with Gasteiger partial charge in [0.05, 0.1) is 5.41 Å². The molecular formula is C14H15BrO2. The van der Waals surface area contributed by atoms with E-state index in [0.29, 0.717) is 0 Å². The van der Waals surface area contributed by atoms with E-state index in [1.54, 1.807) is 0 Å². The summed E-state index contributed by atoms with van der Waals surface area (Å²) < 4.78 is 0.968. The van der Waals surface area contributed by atoms with Crippen molar-refractivity contribution in [3.05, 3.63) is 34.3 Å². The van der Waals surface area contributed by atoms with Gasteiger partial charge in [0.15, 0.2) is 0 Å². The highest BCUT2D eigenvalue weighted by atomic mass is 79.9. The fourth-order valence-electron chi connectivity index (χ4n) is 3.71. The Bertz CT molecular complexity index is 477. The van der Waals surface area contributed by atoms with Gasteiger partial charge in [-0.05, 0) is 42.4 Å². The standard InChI is InChI=1S/C14H15BrO2/c15-11-5-3-4-10(8-11)14(12(16)17)9-13(14)6-1-2-7-13/h3-5,8H,1-2,6-7,9H2,(H,16,17). The number of hydrogen-bond donors (Lipinski definition) is 1. The zero-order valence-corrected chi connectivity index (χ0v) is 11.2. The predicted octanol–water partition coefficient (Wildman–Crippen LogP) is 3.74. The van der Waals surface area contributed by atoms with Crippen molar-refractivity contribution in [3.63, 3.8) is 0 Å². The van der Waals surface area contributed by atoms with Crippen LogP contribution in [0.5, 0.6) is 0 Å². The third-order valence-corrected chi connectivity index (χ3v) is 5.12. The third-order valence-electron chi connectivity index (χ3n) is 4.63. The molecule has 0 radical (unpaired) electrons. The Morgan fingerprint density at radius 3 is 2.59 bits per heavy atom. The minimum absolute atomic E-state index is 0.0552. The van der Waals surface area contributed by atoms with E-state index in [1.165, 1.54) is 12.8 Å². The van der Waals surface area contributed by atoms with E-state index in [0.717, 1.165) is 29.3 Å². The first-order valence-electron chi connectivity index (χ1n) is 6.10. The molecule has 90 valence electrons. The van der Waals surface area contributed by atoms with Crippen LogP contribution in [0, 0.1) is 5.41 Å². The van der Waals surface area contributed by atoms with Gasteiger partial charge in [-0.1, -0.05) is 40.9 Å². The van der Waals surface area contributed by atoms with Gasteiger partial charge < -0.3 is 5.11 Å². The molecule has 3 heteroatoms. The second kappa shape index (κ2) is 3.58. The molecule has 1 N–H and O–H groups in total. The van der Waals surface area contributed by atoms with E-state index in [9.17, 15) is 9.90 Å². The summed E-state index contributed by atoms with van der Waals surface area (Å²) in [7, 11) is 0. The summed E-state index contributed by atoms with van der Waals surface area (Å²) in [4.78, 5) is 11.7. The van der Waals surface area contributed by atoms with Crippen LogP contribution in [0.2, 0.25) is 0 Å². The van der Waals surface area contributed by atoms with Crippen molar-refractivity contribution in [2.75, 3.05) is 0 Å². The molecule has 0 heterocycles. The van der Waals surface area contributed by atoms with Crippen molar-refractivity contribution in [1.29, 1.82) is 0 Å². The zero-order chi connectivity index (χ0) is 12.1. The molecule has 0 amide bonds.